The first-order valence-corrected chi connectivity index (χ1v) is 9.08. The molecular formula is C14H17N3O3S2. The first kappa shape index (κ1) is 16.6. The number of nitrogens with one attached hydrogen (secondary N) is 2. The number of hydrogen-bond acceptors (Lipinski definition) is 5. The summed E-state index contributed by atoms with van der Waals surface area (Å²) in [5, 5.41) is 4.51. The molecule has 0 aliphatic heterocycles. The van der Waals surface area contributed by atoms with Crippen molar-refractivity contribution >= 4 is 27.3 Å². The third-order valence-electron chi connectivity index (χ3n) is 2.99. The Hall–Kier alpha value is -1.77. The normalized spacial score (nSPS) is 12.8. The Labute approximate surface area is 133 Å². The average Bonchev–Trinajstić information content (AvgIpc) is 3.03. The molecule has 0 fully saturated rings. The lowest BCUT2D eigenvalue weighted by atomic mass is 10.1. The third-order valence-corrected chi connectivity index (χ3v) is 5.85. The van der Waals surface area contributed by atoms with Crippen molar-refractivity contribution in [3.63, 3.8) is 0 Å². The minimum absolute atomic E-state index is 0.0646. The SMILES string of the molecule is C[C@H](NC(=O)CCNS(=O)(=O)c1cccs1)c1ccncc1. The molecule has 2 N–H and O–H groups in total. The Morgan fingerprint density at radius 3 is 2.68 bits per heavy atom. The maximum Gasteiger partial charge on any atom is 0.250 e. The fraction of sp³-hybridized carbons (Fsp3) is 0.286. The molecule has 2 aromatic rings. The number of hydrogen-bond donors (Lipinski definition) is 2. The lowest BCUT2D eigenvalue weighted by Gasteiger charge is -2.14. The molecule has 22 heavy (non-hydrogen) atoms. The Kier molecular flexibility index (Phi) is 5.64. The zero-order chi connectivity index (χ0) is 16.0. The minimum atomic E-state index is -3.51. The van der Waals surface area contributed by atoms with E-state index in [1.54, 1.807) is 23.8 Å². The Morgan fingerprint density at radius 1 is 1.32 bits per heavy atom. The largest absolute Gasteiger partial charge is 0.350 e. The monoisotopic (exact) mass is 339 g/mol. The summed E-state index contributed by atoms with van der Waals surface area (Å²) < 4.78 is 26.4. The zero-order valence-corrected chi connectivity index (χ0v) is 13.7. The third kappa shape index (κ3) is 4.62. The first-order valence-electron chi connectivity index (χ1n) is 6.71. The van der Waals surface area contributed by atoms with Gasteiger partial charge in [-0.05, 0) is 36.1 Å². The molecule has 0 bridgehead atoms. The molecule has 0 aliphatic rings. The molecule has 1 atom stereocenters. The molecule has 1 amide bonds. The van der Waals surface area contributed by atoms with Crippen molar-refractivity contribution in [3.05, 3.63) is 47.6 Å². The Balaban J connectivity index is 1.79. The highest BCUT2D eigenvalue weighted by molar-refractivity contribution is 7.91. The van der Waals surface area contributed by atoms with Crippen LogP contribution in [-0.4, -0.2) is 25.9 Å². The van der Waals surface area contributed by atoms with E-state index >= 15 is 0 Å². The number of aromatic nitrogens is 1. The smallest absolute Gasteiger partial charge is 0.250 e. The lowest BCUT2D eigenvalue weighted by Crippen LogP contribution is -2.31. The summed E-state index contributed by atoms with van der Waals surface area (Å²) in [6.45, 7) is 1.93. The van der Waals surface area contributed by atoms with Crippen LogP contribution in [0, 0.1) is 0 Å². The van der Waals surface area contributed by atoms with Gasteiger partial charge in [0.1, 0.15) is 4.21 Å². The van der Waals surface area contributed by atoms with Crippen molar-refractivity contribution in [1.82, 2.24) is 15.0 Å². The molecule has 0 saturated carbocycles. The van der Waals surface area contributed by atoms with Crippen molar-refractivity contribution in [1.29, 1.82) is 0 Å². The molecule has 0 radical (unpaired) electrons. The minimum Gasteiger partial charge on any atom is -0.350 e. The van der Waals surface area contributed by atoms with Crippen LogP contribution >= 0.6 is 11.3 Å². The molecule has 0 aliphatic carbocycles. The fourth-order valence-corrected chi connectivity index (χ4v) is 3.90. The van der Waals surface area contributed by atoms with Gasteiger partial charge in [-0.25, -0.2) is 13.1 Å². The van der Waals surface area contributed by atoms with E-state index in [0.29, 0.717) is 0 Å². The van der Waals surface area contributed by atoms with Gasteiger partial charge < -0.3 is 5.32 Å². The number of thiophene rings is 1. The van der Waals surface area contributed by atoms with Crippen molar-refractivity contribution in [2.24, 2.45) is 0 Å². The Bertz CT molecular complexity index is 700. The van der Waals surface area contributed by atoms with E-state index in [4.69, 9.17) is 0 Å². The van der Waals surface area contributed by atoms with Crippen LogP contribution in [-0.2, 0) is 14.8 Å². The van der Waals surface area contributed by atoms with Gasteiger partial charge >= 0.3 is 0 Å². The molecular weight excluding hydrogens is 322 g/mol. The molecule has 0 spiro atoms. The summed E-state index contributed by atoms with van der Waals surface area (Å²) in [6, 6.07) is 6.69. The van der Waals surface area contributed by atoms with Crippen LogP contribution < -0.4 is 10.0 Å². The van der Waals surface area contributed by atoms with Crippen molar-refractivity contribution < 1.29 is 13.2 Å². The molecule has 2 heterocycles. The first-order chi connectivity index (χ1) is 10.5. The van der Waals surface area contributed by atoms with Crippen LogP contribution in [0.3, 0.4) is 0 Å². The molecule has 0 saturated heterocycles. The van der Waals surface area contributed by atoms with Crippen LogP contribution in [0.15, 0.2) is 46.2 Å². The van der Waals surface area contributed by atoms with Gasteiger partial charge in [0.15, 0.2) is 0 Å². The number of rotatable bonds is 7. The molecule has 0 aromatic carbocycles. The zero-order valence-electron chi connectivity index (χ0n) is 12.0. The van der Waals surface area contributed by atoms with Gasteiger partial charge in [0, 0.05) is 25.4 Å². The van der Waals surface area contributed by atoms with E-state index in [0.717, 1.165) is 16.9 Å². The predicted octanol–water partition coefficient (Wildman–Crippen LogP) is 1.69. The molecule has 8 heteroatoms. The van der Waals surface area contributed by atoms with Crippen LogP contribution in [0.2, 0.25) is 0 Å². The lowest BCUT2D eigenvalue weighted by molar-refractivity contribution is -0.121. The molecule has 118 valence electrons. The van der Waals surface area contributed by atoms with Crippen LogP contribution in [0.1, 0.15) is 24.9 Å². The average molecular weight is 339 g/mol. The van der Waals surface area contributed by atoms with Gasteiger partial charge in [0.2, 0.25) is 15.9 Å². The maximum absolute atomic E-state index is 11.9. The van der Waals surface area contributed by atoms with E-state index in [1.165, 1.54) is 6.07 Å². The van der Waals surface area contributed by atoms with Crippen molar-refractivity contribution in [2.75, 3.05) is 6.54 Å². The van der Waals surface area contributed by atoms with E-state index < -0.39 is 10.0 Å². The summed E-state index contributed by atoms with van der Waals surface area (Å²) in [5.41, 5.74) is 0.947. The molecule has 6 nitrogen and oxygen atoms in total. The van der Waals surface area contributed by atoms with E-state index in [1.807, 2.05) is 19.1 Å². The second-order valence-electron chi connectivity index (χ2n) is 4.65. The van der Waals surface area contributed by atoms with E-state index in [9.17, 15) is 13.2 Å². The van der Waals surface area contributed by atoms with Gasteiger partial charge in [0.05, 0.1) is 6.04 Å². The highest BCUT2D eigenvalue weighted by Crippen LogP contribution is 2.15. The number of nitrogens with zero attached hydrogens (tertiary/aromatic N) is 1. The van der Waals surface area contributed by atoms with Crippen LogP contribution in [0.4, 0.5) is 0 Å². The number of pyridine rings is 1. The number of carbonyl (C=O) groups is 1. The highest BCUT2D eigenvalue weighted by atomic mass is 32.2. The van der Waals surface area contributed by atoms with Gasteiger partial charge in [-0.1, -0.05) is 6.07 Å². The number of sulfonamides is 1. The highest BCUT2D eigenvalue weighted by Gasteiger charge is 2.15. The van der Waals surface area contributed by atoms with Crippen molar-refractivity contribution in [2.45, 2.75) is 23.6 Å². The standard InChI is InChI=1S/C14H17N3O3S2/c1-11(12-4-7-15-8-5-12)17-13(18)6-9-16-22(19,20)14-3-2-10-21-14/h2-5,7-8,10-11,16H,6,9H2,1H3,(H,17,18)/t11-/m0/s1. The quantitative estimate of drug-likeness (QED) is 0.803. The Morgan fingerprint density at radius 2 is 2.05 bits per heavy atom. The van der Waals surface area contributed by atoms with E-state index in [-0.39, 0.29) is 29.1 Å². The van der Waals surface area contributed by atoms with Gasteiger partial charge in [-0.15, -0.1) is 11.3 Å². The second kappa shape index (κ2) is 7.48. The van der Waals surface area contributed by atoms with Gasteiger partial charge in [-0.3, -0.25) is 9.78 Å². The maximum atomic E-state index is 11.9. The fourth-order valence-electron chi connectivity index (χ4n) is 1.84. The summed E-state index contributed by atoms with van der Waals surface area (Å²) in [5.74, 6) is -0.210. The predicted molar refractivity (Wildman–Crippen MR) is 84.9 cm³/mol. The molecule has 2 aromatic heterocycles. The summed E-state index contributed by atoms with van der Waals surface area (Å²) in [6.07, 6.45) is 3.40. The van der Waals surface area contributed by atoms with E-state index in [2.05, 4.69) is 15.0 Å². The van der Waals surface area contributed by atoms with Crippen LogP contribution in [0.5, 0.6) is 0 Å². The van der Waals surface area contributed by atoms with Gasteiger partial charge in [-0.2, -0.15) is 0 Å². The second-order valence-corrected chi connectivity index (χ2v) is 7.59. The number of amides is 1. The number of carbonyl (C=O) groups excluding carboxylic acids is 1. The molecule has 2 rings (SSSR count). The molecule has 0 unspecified atom stereocenters. The van der Waals surface area contributed by atoms with Crippen LogP contribution in [0.25, 0.3) is 0 Å². The topological polar surface area (TPSA) is 88.2 Å². The summed E-state index contributed by atoms with van der Waals surface area (Å²) >= 11 is 1.14. The van der Waals surface area contributed by atoms with Gasteiger partial charge in [0.25, 0.3) is 0 Å². The summed E-state index contributed by atoms with van der Waals surface area (Å²) in [7, 11) is -3.51. The van der Waals surface area contributed by atoms with Crippen molar-refractivity contribution in [3.8, 4) is 0 Å². The summed E-state index contributed by atoms with van der Waals surface area (Å²) in [4.78, 5) is 15.8.